The van der Waals surface area contributed by atoms with Gasteiger partial charge in [-0.25, -0.2) is 4.52 Å². The molecule has 1 N–H and O–H groups in total. The molecule has 0 radical (unpaired) electrons. The first-order valence-electron chi connectivity index (χ1n) is 6.22. The minimum Gasteiger partial charge on any atom is -0.352 e. The maximum atomic E-state index is 4.51. The molecule has 0 spiro atoms. The molecule has 1 saturated carbocycles. The average molecular weight is 230 g/mol. The Kier molecular flexibility index (Phi) is 2.31. The van der Waals surface area contributed by atoms with Gasteiger partial charge in [0.05, 0.1) is 0 Å². The van der Waals surface area contributed by atoms with E-state index < -0.39 is 0 Å². The van der Waals surface area contributed by atoms with Crippen LogP contribution < -0.4 is 5.32 Å². The molecule has 17 heavy (non-hydrogen) atoms. The maximum Gasteiger partial charge on any atom is 0.243 e. The van der Waals surface area contributed by atoms with E-state index in [9.17, 15) is 0 Å². The molecule has 0 aromatic carbocycles. The molecule has 3 rings (SSSR count). The topological polar surface area (TPSA) is 42.2 Å². The molecule has 0 unspecified atom stereocenters. The van der Waals surface area contributed by atoms with Gasteiger partial charge in [-0.1, -0.05) is 19.4 Å². The van der Waals surface area contributed by atoms with Gasteiger partial charge in [0.15, 0.2) is 5.65 Å². The van der Waals surface area contributed by atoms with Crippen LogP contribution in [0.4, 0.5) is 5.95 Å². The molecule has 2 aromatic rings. The lowest BCUT2D eigenvalue weighted by Gasteiger charge is -2.38. The normalized spacial score (nSPS) is 18.0. The van der Waals surface area contributed by atoms with Crippen molar-refractivity contribution in [2.24, 2.45) is 5.41 Å². The number of hydrogen-bond acceptors (Lipinski definition) is 3. The fourth-order valence-corrected chi connectivity index (χ4v) is 2.36. The SMILES string of the molecule is Cc1cccn2nc(NCC3(C)CCC3)nc12. The number of pyridine rings is 1. The molecule has 4 heteroatoms. The Bertz CT molecular complexity index is 539. The van der Waals surface area contributed by atoms with Gasteiger partial charge < -0.3 is 5.32 Å². The third kappa shape index (κ3) is 1.88. The van der Waals surface area contributed by atoms with Crippen molar-refractivity contribution in [1.29, 1.82) is 0 Å². The molecule has 4 nitrogen and oxygen atoms in total. The van der Waals surface area contributed by atoms with Gasteiger partial charge in [0.1, 0.15) is 0 Å². The summed E-state index contributed by atoms with van der Waals surface area (Å²) in [6.07, 6.45) is 5.92. The van der Waals surface area contributed by atoms with Crippen molar-refractivity contribution in [2.45, 2.75) is 33.1 Å². The lowest BCUT2D eigenvalue weighted by molar-refractivity contribution is 0.179. The molecule has 2 heterocycles. The average Bonchev–Trinajstić information content (AvgIpc) is 2.68. The van der Waals surface area contributed by atoms with Crippen molar-refractivity contribution in [1.82, 2.24) is 14.6 Å². The summed E-state index contributed by atoms with van der Waals surface area (Å²) in [6.45, 7) is 5.36. The number of nitrogens with one attached hydrogen (secondary N) is 1. The largest absolute Gasteiger partial charge is 0.352 e. The number of aromatic nitrogens is 3. The van der Waals surface area contributed by atoms with Gasteiger partial charge in [-0.15, -0.1) is 5.10 Å². The molecule has 1 aliphatic rings. The van der Waals surface area contributed by atoms with Crippen LogP contribution in [0.2, 0.25) is 0 Å². The fourth-order valence-electron chi connectivity index (χ4n) is 2.36. The smallest absolute Gasteiger partial charge is 0.243 e. The number of rotatable bonds is 3. The summed E-state index contributed by atoms with van der Waals surface area (Å²) in [5, 5.41) is 7.79. The Morgan fingerprint density at radius 2 is 2.29 bits per heavy atom. The molecule has 1 aliphatic carbocycles. The molecule has 2 aromatic heterocycles. The third-order valence-corrected chi connectivity index (χ3v) is 3.79. The highest BCUT2D eigenvalue weighted by Gasteiger charge is 2.31. The lowest BCUT2D eigenvalue weighted by atomic mass is 9.70. The van der Waals surface area contributed by atoms with Gasteiger partial charge in [0.25, 0.3) is 0 Å². The predicted molar refractivity (Wildman–Crippen MR) is 68.2 cm³/mol. The second-order valence-corrected chi connectivity index (χ2v) is 5.41. The van der Waals surface area contributed by atoms with Crippen LogP contribution in [0.15, 0.2) is 18.3 Å². The molecule has 0 bridgehead atoms. The zero-order valence-corrected chi connectivity index (χ0v) is 10.4. The highest BCUT2D eigenvalue weighted by atomic mass is 15.3. The van der Waals surface area contributed by atoms with Crippen LogP contribution in [0.3, 0.4) is 0 Å². The molecule has 1 fully saturated rings. The number of anilines is 1. The van der Waals surface area contributed by atoms with Crippen LogP contribution in [0.1, 0.15) is 31.7 Å². The van der Waals surface area contributed by atoms with Crippen molar-refractivity contribution >= 4 is 11.6 Å². The van der Waals surface area contributed by atoms with Gasteiger partial charge in [0.2, 0.25) is 5.95 Å². The van der Waals surface area contributed by atoms with E-state index in [4.69, 9.17) is 0 Å². The van der Waals surface area contributed by atoms with E-state index in [2.05, 4.69) is 35.3 Å². The molecule has 0 atom stereocenters. The van der Waals surface area contributed by atoms with E-state index in [1.165, 1.54) is 19.3 Å². The van der Waals surface area contributed by atoms with Crippen LogP contribution >= 0.6 is 0 Å². The minimum absolute atomic E-state index is 0.451. The first kappa shape index (κ1) is 10.6. The van der Waals surface area contributed by atoms with Gasteiger partial charge in [0, 0.05) is 12.7 Å². The van der Waals surface area contributed by atoms with E-state index in [1.807, 2.05) is 16.8 Å². The van der Waals surface area contributed by atoms with E-state index in [0.29, 0.717) is 5.41 Å². The summed E-state index contributed by atoms with van der Waals surface area (Å²) in [5.41, 5.74) is 2.55. The monoisotopic (exact) mass is 230 g/mol. The summed E-state index contributed by atoms with van der Waals surface area (Å²) < 4.78 is 1.83. The zero-order chi connectivity index (χ0) is 11.9. The highest BCUT2D eigenvalue weighted by molar-refractivity contribution is 5.49. The summed E-state index contributed by atoms with van der Waals surface area (Å²) in [6, 6.07) is 4.05. The predicted octanol–water partition coefficient (Wildman–Crippen LogP) is 2.64. The first-order valence-corrected chi connectivity index (χ1v) is 6.22. The molecular formula is C13H18N4. The second kappa shape index (κ2) is 3.72. The van der Waals surface area contributed by atoms with Gasteiger partial charge >= 0.3 is 0 Å². The Labute approximate surface area is 101 Å². The van der Waals surface area contributed by atoms with E-state index in [-0.39, 0.29) is 0 Å². The van der Waals surface area contributed by atoms with Crippen LogP contribution in [0.25, 0.3) is 5.65 Å². The Morgan fingerprint density at radius 1 is 1.47 bits per heavy atom. The van der Waals surface area contributed by atoms with Crippen LogP contribution in [-0.4, -0.2) is 21.1 Å². The van der Waals surface area contributed by atoms with Gasteiger partial charge in [-0.05, 0) is 36.8 Å². The van der Waals surface area contributed by atoms with Crippen LogP contribution in [0.5, 0.6) is 0 Å². The summed E-state index contributed by atoms with van der Waals surface area (Å²) in [7, 11) is 0. The van der Waals surface area contributed by atoms with Crippen molar-refractivity contribution in [3.05, 3.63) is 23.9 Å². The number of fused-ring (bicyclic) bond motifs is 1. The Morgan fingerprint density at radius 3 is 2.94 bits per heavy atom. The quantitative estimate of drug-likeness (QED) is 0.881. The molecule has 0 amide bonds. The van der Waals surface area contributed by atoms with Gasteiger partial charge in [-0.2, -0.15) is 4.98 Å². The van der Waals surface area contributed by atoms with E-state index >= 15 is 0 Å². The number of hydrogen-bond donors (Lipinski definition) is 1. The summed E-state index contributed by atoms with van der Waals surface area (Å²) in [5.74, 6) is 0.743. The maximum absolute atomic E-state index is 4.51. The standard InChI is InChI=1S/C13H18N4/c1-10-5-3-8-17-11(10)15-12(16-17)14-9-13(2)6-4-7-13/h3,5,8H,4,6-7,9H2,1-2H3,(H,14,16). The fraction of sp³-hybridized carbons (Fsp3) is 0.538. The van der Waals surface area contributed by atoms with Gasteiger partial charge in [-0.3, -0.25) is 0 Å². The number of nitrogens with zero attached hydrogens (tertiary/aromatic N) is 3. The van der Waals surface area contributed by atoms with E-state index in [0.717, 1.165) is 23.7 Å². The molecule has 0 aliphatic heterocycles. The van der Waals surface area contributed by atoms with Crippen molar-refractivity contribution in [3.63, 3.8) is 0 Å². The highest BCUT2D eigenvalue weighted by Crippen LogP contribution is 2.39. The molecule has 90 valence electrons. The first-order chi connectivity index (χ1) is 8.16. The van der Waals surface area contributed by atoms with Crippen LogP contribution in [-0.2, 0) is 0 Å². The Hall–Kier alpha value is -1.58. The Balaban J connectivity index is 1.79. The summed E-state index contributed by atoms with van der Waals surface area (Å²) in [4.78, 5) is 4.51. The number of aryl methyl sites for hydroxylation is 1. The third-order valence-electron chi connectivity index (χ3n) is 3.79. The molecular weight excluding hydrogens is 212 g/mol. The molecule has 0 saturated heterocycles. The van der Waals surface area contributed by atoms with Crippen molar-refractivity contribution in [3.8, 4) is 0 Å². The minimum atomic E-state index is 0.451. The lowest BCUT2D eigenvalue weighted by Crippen LogP contribution is -2.33. The van der Waals surface area contributed by atoms with Crippen molar-refractivity contribution < 1.29 is 0 Å². The van der Waals surface area contributed by atoms with Crippen LogP contribution in [0, 0.1) is 12.3 Å². The second-order valence-electron chi connectivity index (χ2n) is 5.41. The zero-order valence-electron chi connectivity index (χ0n) is 10.4. The summed E-state index contributed by atoms with van der Waals surface area (Å²) >= 11 is 0. The van der Waals surface area contributed by atoms with E-state index in [1.54, 1.807) is 0 Å². The van der Waals surface area contributed by atoms with Crippen molar-refractivity contribution in [2.75, 3.05) is 11.9 Å².